The van der Waals surface area contributed by atoms with Gasteiger partial charge in [-0.1, -0.05) is 19.8 Å². The number of ether oxygens (including phenoxy) is 2. The SMILES string of the molecule is CCCN(CC(=O)OC)CC1CCC2(CCCC2)O1. The van der Waals surface area contributed by atoms with E-state index in [1.54, 1.807) is 0 Å². The molecule has 4 nitrogen and oxygen atoms in total. The van der Waals surface area contributed by atoms with Crippen LogP contribution in [0.25, 0.3) is 0 Å². The van der Waals surface area contributed by atoms with E-state index in [1.807, 2.05) is 0 Å². The summed E-state index contributed by atoms with van der Waals surface area (Å²) in [5.74, 6) is -0.151. The lowest BCUT2D eigenvalue weighted by Gasteiger charge is -2.27. The first-order valence-electron chi connectivity index (χ1n) is 7.64. The molecule has 2 aliphatic rings. The van der Waals surface area contributed by atoms with E-state index in [4.69, 9.17) is 9.47 Å². The van der Waals surface area contributed by atoms with Gasteiger partial charge in [-0.05, 0) is 38.6 Å². The lowest BCUT2D eigenvalue weighted by Crippen LogP contribution is -2.38. The largest absolute Gasteiger partial charge is 0.468 e. The number of carbonyl (C=O) groups excluding carboxylic acids is 1. The Hall–Kier alpha value is -0.610. The first-order valence-corrected chi connectivity index (χ1v) is 7.64. The van der Waals surface area contributed by atoms with Crippen molar-refractivity contribution in [3.05, 3.63) is 0 Å². The molecule has 2 fully saturated rings. The van der Waals surface area contributed by atoms with Gasteiger partial charge in [-0.2, -0.15) is 0 Å². The Morgan fingerprint density at radius 2 is 2.11 bits per heavy atom. The third-order valence-electron chi connectivity index (χ3n) is 4.44. The second-order valence-corrected chi connectivity index (χ2v) is 5.98. The molecule has 1 saturated carbocycles. The smallest absolute Gasteiger partial charge is 0.319 e. The molecule has 1 spiro atoms. The summed E-state index contributed by atoms with van der Waals surface area (Å²) in [6.07, 6.45) is 8.78. The van der Waals surface area contributed by atoms with Gasteiger partial charge in [-0.3, -0.25) is 9.69 Å². The average molecular weight is 269 g/mol. The second-order valence-electron chi connectivity index (χ2n) is 5.98. The number of rotatable bonds is 6. The third kappa shape index (κ3) is 3.93. The summed E-state index contributed by atoms with van der Waals surface area (Å²) < 4.78 is 11.1. The van der Waals surface area contributed by atoms with Crippen molar-refractivity contribution in [2.45, 2.75) is 63.6 Å². The number of carbonyl (C=O) groups is 1. The normalized spacial score (nSPS) is 25.3. The molecule has 2 rings (SSSR count). The molecule has 1 atom stereocenters. The summed E-state index contributed by atoms with van der Waals surface area (Å²) in [5.41, 5.74) is 0.188. The Morgan fingerprint density at radius 1 is 1.37 bits per heavy atom. The highest BCUT2D eigenvalue weighted by atomic mass is 16.5. The lowest BCUT2D eigenvalue weighted by molar-refractivity contribution is -0.142. The van der Waals surface area contributed by atoms with Crippen LogP contribution in [0.2, 0.25) is 0 Å². The zero-order valence-corrected chi connectivity index (χ0v) is 12.3. The van der Waals surface area contributed by atoms with Crippen LogP contribution in [0.1, 0.15) is 51.9 Å². The van der Waals surface area contributed by atoms with Gasteiger partial charge in [0.1, 0.15) is 0 Å². The van der Waals surface area contributed by atoms with E-state index in [9.17, 15) is 4.79 Å². The van der Waals surface area contributed by atoms with Crippen LogP contribution in [0.3, 0.4) is 0 Å². The van der Waals surface area contributed by atoms with Crippen LogP contribution in [-0.4, -0.2) is 49.3 Å². The van der Waals surface area contributed by atoms with Gasteiger partial charge in [-0.15, -0.1) is 0 Å². The van der Waals surface area contributed by atoms with Crippen molar-refractivity contribution in [3.63, 3.8) is 0 Å². The Morgan fingerprint density at radius 3 is 2.74 bits per heavy atom. The molecule has 0 aromatic rings. The van der Waals surface area contributed by atoms with Crippen LogP contribution in [0.15, 0.2) is 0 Å². The summed E-state index contributed by atoms with van der Waals surface area (Å²) in [6.45, 7) is 4.32. The van der Waals surface area contributed by atoms with Crippen LogP contribution in [-0.2, 0) is 14.3 Å². The maximum Gasteiger partial charge on any atom is 0.319 e. The van der Waals surface area contributed by atoms with Crippen LogP contribution in [0.4, 0.5) is 0 Å². The highest BCUT2D eigenvalue weighted by Gasteiger charge is 2.42. The van der Waals surface area contributed by atoms with Crippen molar-refractivity contribution in [2.75, 3.05) is 26.7 Å². The number of nitrogens with zero attached hydrogens (tertiary/aromatic N) is 1. The summed E-state index contributed by atoms with van der Waals surface area (Å²) in [7, 11) is 1.45. The second kappa shape index (κ2) is 6.71. The summed E-state index contributed by atoms with van der Waals surface area (Å²) in [5, 5.41) is 0. The predicted octanol–water partition coefficient (Wildman–Crippen LogP) is 2.36. The Bertz CT molecular complexity index is 300. The molecule has 1 unspecified atom stereocenters. The van der Waals surface area contributed by atoms with Gasteiger partial charge in [-0.25, -0.2) is 0 Å². The van der Waals surface area contributed by atoms with Crippen molar-refractivity contribution in [1.29, 1.82) is 0 Å². The molecule has 1 heterocycles. The third-order valence-corrected chi connectivity index (χ3v) is 4.44. The zero-order valence-electron chi connectivity index (χ0n) is 12.3. The fourth-order valence-electron chi connectivity index (χ4n) is 3.50. The van der Waals surface area contributed by atoms with Crippen molar-refractivity contribution in [1.82, 2.24) is 4.90 Å². The molecule has 4 heteroatoms. The highest BCUT2D eigenvalue weighted by Crippen LogP contribution is 2.43. The van der Waals surface area contributed by atoms with Gasteiger partial charge in [0.05, 0.1) is 25.4 Å². The van der Waals surface area contributed by atoms with Crippen LogP contribution < -0.4 is 0 Å². The number of hydrogen-bond donors (Lipinski definition) is 0. The first-order chi connectivity index (χ1) is 9.17. The fraction of sp³-hybridized carbons (Fsp3) is 0.933. The van der Waals surface area contributed by atoms with Crippen LogP contribution in [0.5, 0.6) is 0 Å². The van der Waals surface area contributed by atoms with E-state index in [1.165, 1.54) is 39.2 Å². The zero-order chi connectivity index (χ0) is 13.7. The minimum Gasteiger partial charge on any atom is -0.468 e. The van der Waals surface area contributed by atoms with Gasteiger partial charge in [0.2, 0.25) is 0 Å². The topological polar surface area (TPSA) is 38.8 Å². The van der Waals surface area contributed by atoms with E-state index in [0.29, 0.717) is 12.6 Å². The molecule has 0 amide bonds. The van der Waals surface area contributed by atoms with Gasteiger partial charge < -0.3 is 9.47 Å². The molecule has 0 bridgehead atoms. The number of methoxy groups -OCH3 is 1. The van der Waals surface area contributed by atoms with Gasteiger partial charge in [0.25, 0.3) is 0 Å². The maximum absolute atomic E-state index is 11.4. The van der Waals surface area contributed by atoms with Gasteiger partial charge in [0, 0.05) is 6.54 Å². The number of esters is 1. The predicted molar refractivity (Wildman–Crippen MR) is 74.1 cm³/mol. The fourth-order valence-corrected chi connectivity index (χ4v) is 3.50. The molecule has 0 N–H and O–H groups in total. The number of hydrogen-bond acceptors (Lipinski definition) is 4. The monoisotopic (exact) mass is 269 g/mol. The molecule has 0 aromatic carbocycles. The molecule has 1 aliphatic carbocycles. The average Bonchev–Trinajstić information content (AvgIpc) is 3.00. The van der Waals surface area contributed by atoms with Crippen molar-refractivity contribution in [2.24, 2.45) is 0 Å². The van der Waals surface area contributed by atoms with Crippen molar-refractivity contribution in [3.8, 4) is 0 Å². The Balaban J connectivity index is 1.82. The maximum atomic E-state index is 11.4. The summed E-state index contributed by atoms with van der Waals surface area (Å²) >= 11 is 0. The lowest BCUT2D eigenvalue weighted by atomic mass is 9.98. The molecule has 1 saturated heterocycles. The van der Waals surface area contributed by atoms with Crippen LogP contribution in [0, 0.1) is 0 Å². The minimum absolute atomic E-state index is 0.151. The Kier molecular flexibility index (Phi) is 5.22. The molecular weight excluding hydrogens is 242 g/mol. The highest BCUT2D eigenvalue weighted by molar-refractivity contribution is 5.71. The van der Waals surface area contributed by atoms with Crippen molar-refractivity contribution >= 4 is 5.97 Å². The standard InChI is InChI=1S/C15H27NO3/c1-3-10-16(12-14(17)18-2)11-13-6-9-15(19-13)7-4-5-8-15/h13H,3-12H2,1-2H3. The van der Waals surface area contributed by atoms with E-state index in [2.05, 4.69) is 11.8 Å². The molecule has 0 aromatic heterocycles. The van der Waals surface area contributed by atoms with Gasteiger partial charge in [0.15, 0.2) is 0 Å². The molecular formula is C15H27NO3. The Labute approximate surface area is 116 Å². The van der Waals surface area contributed by atoms with E-state index < -0.39 is 0 Å². The molecule has 19 heavy (non-hydrogen) atoms. The first kappa shape index (κ1) is 14.8. The summed E-state index contributed by atoms with van der Waals surface area (Å²) in [6, 6.07) is 0. The van der Waals surface area contributed by atoms with Gasteiger partial charge >= 0.3 is 5.97 Å². The molecule has 110 valence electrons. The van der Waals surface area contributed by atoms with E-state index in [-0.39, 0.29) is 11.6 Å². The van der Waals surface area contributed by atoms with Crippen molar-refractivity contribution < 1.29 is 14.3 Å². The van der Waals surface area contributed by atoms with E-state index >= 15 is 0 Å². The van der Waals surface area contributed by atoms with E-state index in [0.717, 1.165) is 25.9 Å². The molecule has 0 radical (unpaired) electrons. The van der Waals surface area contributed by atoms with Crippen LogP contribution >= 0.6 is 0 Å². The minimum atomic E-state index is -0.151. The quantitative estimate of drug-likeness (QED) is 0.694. The molecule has 1 aliphatic heterocycles. The summed E-state index contributed by atoms with van der Waals surface area (Å²) in [4.78, 5) is 13.6.